The number of alkyl halides is 3. The Labute approximate surface area is 78.2 Å². The zero-order valence-electron chi connectivity index (χ0n) is 7.59. The molecule has 82 valence electrons. The molecule has 0 fully saturated rings. The van der Waals surface area contributed by atoms with Crippen LogP contribution in [0.5, 0.6) is 0 Å². The van der Waals surface area contributed by atoms with Crippen molar-refractivity contribution in [3.05, 3.63) is 0 Å². The van der Waals surface area contributed by atoms with Crippen LogP contribution in [0.2, 0.25) is 0 Å². The van der Waals surface area contributed by atoms with E-state index in [4.69, 9.17) is 5.73 Å². The van der Waals surface area contributed by atoms with Gasteiger partial charge in [0, 0.05) is 0 Å². The molecule has 14 heavy (non-hydrogen) atoms. The maximum atomic E-state index is 11.6. The molecule has 0 bridgehead atoms. The second kappa shape index (κ2) is 4.41. The summed E-state index contributed by atoms with van der Waals surface area (Å²) in [5.74, 6) is -4.32. The summed E-state index contributed by atoms with van der Waals surface area (Å²) in [4.78, 5) is 21.0. The van der Waals surface area contributed by atoms with Gasteiger partial charge < -0.3 is 10.5 Å². The van der Waals surface area contributed by atoms with Crippen molar-refractivity contribution in [2.75, 3.05) is 0 Å². The topological polar surface area (TPSA) is 69.4 Å². The summed E-state index contributed by atoms with van der Waals surface area (Å²) in [5.41, 5.74) is 5.16. The quantitative estimate of drug-likeness (QED) is 0.538. The lowest BCUT2D eigenvalue weighted by Crippen LogP contribution is -2.40. The highest BCUT2D eigenvalue weighted by Gasteiger charge is 2.43. The third-order valence-electron chi connectivity index (χ3n) is 1.42. The average Bonchev–Trinajstić information content (AvgIpc) is 2.00. The standard InChI is InChI=1S/C7H10F3NO3/c1-3(2)4(11)5(12)14-6(13)7(8,9)10/h3-4H,11H2,1-2H3/t4-/m0/s1. The molecule has 1 atom stereocenters. The van der Waals surface area contributed by atoms with E-state index in [0.29, 0.717) is 0 Å². The van der Waals surface area contributed by atoms with Gasteiger partial charge in [0.05, 0.1) is 0 Å². The fraction of sp³-hybridized carbons (Fsp3) is 0.714. The Hall–Kier alpha value is -1.11. The van der Waals surface area contributed by atoms with Crippen molar-refractivity contribution in [1.29, 1.82) is 0 Å². The SMILES string of the molecule is CC(C)[C@H](N)C(=O)OC(=O)C(F)(F)F. The monoisotopic (exact) mass is 213 g/mol. The molecule has 0 aromatic carbocycles. The van der Waals surface area contributed by atoms with Crippen LogP contribution in [0, 0.1) is 5.92 Å². The first-order valence-electron chi connectivity index (χ1n) is 3.74. The van der Waals surface area contributed by atoms with Gasteiger partial charge in [-0.3, -0.25) is 0 Å². The van der Waals surface area contributed by atoms with E-state index in [9.17, 15) is 22.8 Å². The number of hydrogen-bond donors (Lipinski definition) is 1. The van der Waals surface area contributed by atoms with Crippen LogP contribution in [0.15, 0.2) is 0 Å². The average molecular weight is 213 g/mol. The summed E-state index contributed by atoms with van der Waals surface area (Å²) in [6, 6.07) is -1.23. The number of ether oxygens (including phenoxy) is 1. The normalized spacial score (nSPS) is 13.9. The fourth-order valence-electron chi connectivity index (χ4n) is 0.489. The van der Waals surface area contributed by atoms with E-state index in [-0.39, 0.29) is 0 Å². The minimum atomic E-state index is -5.17. The molecule has 0 radical (unpaired) electrons. The van der Waals surface area contributed by atoms with Crippen molar-refractivity contribution in [2.45, 2.75) is 26.1 Å². The molecule has 0 saturated heterocycles. The number of nitrogens with two attached hydrogens (primary N) is 1. The minimum Gasteiger partial charge on any atom is -0.385 e. The summed E-state index contributed by atoms with van der Waals surface area (Å²) in [5, 5.41) is 0. The second-order valence-electron chi connectivity index (χ2n) is 2.98. The van der Waals surface area contributed by atoms with E-state index < -0.39 is 30.1 Å². The molecule has 0 saturated carbocycles. The maximum absolute atomic E-state index is 11.6. The molecular formula is C7H10F3NO3. The van der Waals surface area contributed by atoms with Crippen LogP contribution >= 0.6 is 0 Å². The van der Waals surface area contributed by atoms with E-state index in [1.165, 1.54) is 13.8 Å². The van der Waals surface area contributed by atoms with Crippen LogP contribution < -0.4 is 5.73 Å². The molecule has 0 aliphatic rings. The Morgan fingerprint density at radius 2 is 1.71 bits per heavy atom. The van der Waals surface area contributed by atoms with Gasteiger partial charge in [-0.25, -0.2) is 9.59 Å². The smallest absolute Gasteiger partial charge is 0.385 e. The van der Waals surface area contributed by atoms with Gasteiger partial charge in [0.1, 0.15) is 6.04 Å². The number of carbonyl (C=O) groups excluding carboxylic acids is 2. The van der Waals surface area contributed by atoms with Crippen molar-refractivity contribution >= 4 is 11.9 Å². The lowest BCUT2D eigenvalue weighted by molar-refractivity contribution is -0.202. The molecule has 2 N–H and O–H groups in total. The Balaban J connectivity index is 4.28. The first-order valence-corrected chi connectivity index (χ1v) is 3.74. The van der Waals surface area contributed by atoms with Gasteiger partial charge >= 0.3 is 18.1 Å². The van der Waals surface area contributed by atoms with Crippen molar-refractivity contribution in [2.24, 2.45) is 11.7 Å². The maximum Gasteiger partial charge on any atom is 0.491 e. The summed E-state index contributed by atoms with van der Waals surface area (Å²) < 4.78 is 38.3. The van der Waals surface area contributed by atoms with Crippen molar-refractivity contribution in [3.8, 4) is 0 Å². The van der Waals surface area contributed by atoms with Crippen LogP contribution in [-0.4, -0.2) is 24.2 Å². The number of esters is 2. The van der Waals surface area contributed by atoms with Crippen LogP contribution in [0.4, 0.5) is 13.2 Å². The van der Waals surface area contributed by atoms with Crippen LogP contribution in [0.3, 0.4) is 0 Å². The second-order valence-corrected chi connectivity index (χ2v) is 2.98. The molecule has 0 aromatic rings. The van der Waals surface area contributed by atoms with Gasteiger partial charge in [-0.2, -0.15) is 13.2 Å². The molecule has 7 heteroatoms. The van der Waals surface area contributed by atoms with Crippen molar-refractivity contribution in [1.82, 2.24) is 0 Å². The Kier molecular flexibility index (Phi) is 4.06. The van der Waals surface area contributed by atoms with E-state index in [1.807, 2.05) is 0 Å². The summed E-state index contributed by atoms with van der Waals surface area (Å²) in [6.45, 7) is 3.04. The highest BCUT2D eigenvalue weighted by Crippen LogP contribution is 2.17. The first-order chi connectivity index (χ1) is 6.16. The summed E-state index contributed by atoms with van der Waals surface area (Å²) in [6.07, 6.45) is -5.17. The predicted octanol–water partition coefficient (Wildman–Crippen LogP) is 0.602. The van der Waals surface area contributed by atoms with E-state index in [0.717, 1.165) is 0 Å². The van der Waals surface area contributed by atoms with E-state index in [2.05, 4.69) is 4.74 Å². The molecule has 0 amide bonds. The molecule has 0 aromatic heterocycles. The molecule has 0 unspecified atom stereocenters. The third kappa shape index (κ3) is 3.73. The lowest BCUT2D eigenvalue weighted by atomic mass is 10.1. The summed E-state index contributed by atoms with van der Waals surface area (Å²) >= 11 is 0. The van der Waals surface area contributed by atoms with Gasteiger partial charge in [-0.05, 0) is 5.92 Å². The molecule has 0 heterocycles. The van der Waals surface area contributed by atoms with Crippen LogP contribution in [-0.2, 0) is 14.3 Å². The molecular weight excluding hydrogens is 203 g/mol. The third-order valence-corrected chi connectivity index (χ3v) is 1.42. The first kappa shape index (κ1) is 12.9. The fourth-order valence-corrected chi connectivity index (χ4v) is 0.489. The molecule has 0 aliphatic heterocycles. The highest BCUT2D eigenvalue weighted by atomic mass is 19.4. The largest absolute Gasteiger partial charge is 0.491 e. The Bertz CT molecular complexity index is 237. The van der Waals surface area contributed by atoms with Gasteiger partial charge in [0.2, 0.25) is 0 Å². The summed E-state index contributed by atoms with van der Waals surface area (Å²) in [7, 11) is 0. The zero-order valence-corrected chi connectivity index (χ0v) is 7.59. The van der Waals surface area contributed by atoms with Gasteiger partial charge in [0.25, 0.3) is 0 Å². The van der Waals surface area contributed by atoms with Gasteiger partial charge in [0.15, 0.2) is 0 Å². The number of carbonyl (C=O) groups is 2. The van der Waals surface area contributed by atoms with Gasteiger partial charge in [-0.1, -0.05) is 13.8 Å². The van der Waals surface area contributed by atoms with Gasteiger partial charge in [-0.15, -0.1) is 0 Å². The Morgan fingerprint density at radius 3 is 2.00 bits per heavy atom. The van der Waals surface area contributed by atoms with Crippen molar-refractivity contribution in [3.63, 3.8) is 0 Å². The van der Waals surface area contributed by atoms with Crippen molar-refractivity contribution < 1.29 is 27.5 Å². The number of halogens is 3. The van der Waals surface area contributed by atoms with Crippen LogP contribution in [0.25, 0.3) is 0 Å². The predicted molar refractivity (Wildman–Crippen MR) is 40.0 cm³/mol. The molecule has 0 spiro atoms. The highest BCUT2D eigenvalue weighted by molar-refractivity contribution is 5.90. The lowest BCUT2D eigenvalue weighted by Gasteiger charge is -2.13. The van der Waals surface area contributed by atoms with E-state index in [1.54, 1.807) is 0 Å². The molecule has 0 aliphatic carbocycles. The minimum absolute atomic E-state index is 0.400. The molecule has 0 rings (SSSR count). The number of hydrogen-bond acceptors (Lipinski definition) is 4. The number of rotatable bonds is 2. The zero-order chi connectivity index (χ0) is 11.5. The van der Waals surface area contributed by atoms with Crippen LogP contribution in [0.1, 0.15) is 13.8 Å². The Morgan fingerprint density at radius 1 is 1.29 bits per heavy atom. The molecule has 4 nitrogen and oxygen atoms in total. The van der Waals surface area contributed by atoms with E-state index >= 15 is 0 Å².